The van der Waals surface area contributed by atoms with Gasteiger partial charge in [0.25, 0.3) is 0 Å². The monoisotopic (exact) mass is 241 g/mol. The van der Waals surface area contributed by atoms with Crippen molar-refractivity contribution in [3.63, 3.8) is 0 Å². The smallest absolute Gasteiger partial charge is 0.358 e. The summed E-state index contributed by atoms with van der Waals surface area (Å²) in [7, 11) is 0. The van der Waals surface area contributed by atoms with Crippen molar-refractivity contribution in [2.45, 2.75) is 0 Å². The summed E-state index contributed by atoms with van der Waals surface area (Å²) in [6.07, 6.45) is 7.39. The highest BCUT2D eigenvalue weighted by Gasteiger charge is 1.95. The molecule has 0 unspecified atom stereocenters. The Labute approximate surface area is 104 Å². The zero-order chi connectivity index (χ0) is 12.6. The molecule has 0 saturated carbocycles. The minimum Gasteiger partial charge on any atom is -0.472 e. The fourth-order valence-corrected chi connectivity index (χ4v) is 1.25. The van der Waals surface area contributed by atoms with Gasteiger partial charge in [-0.2, -0.15) is 0 Å². The van der Waals surface area contributed by atoms with Crippen molar-refractivity contribution in [1.82, 2.24) is 0 Å². The molecule has 0 N–H and O–H groups in total. The number of hydrogen-bond acceptors (Lipinski definition) is 4. The second-order valence-electron chi connectivity index (χ2n) is 3.45. The average Bonchev–Trinajstić information content (AvgIpc) is 2.91. The molecule has 18 heavy (non-hydrogen) atoms. The normalized spacial score (nSPS) is 11.1. The standard InChI is InChI=1S/C14H11NO3/c16-14(7-6-12-4-2-1-3-5-12)18-15-10-13-8-9-17-11-13/h1-11H/b7-6+,15-10+. The summed E-state index contributed by atoms with van der Waals surface area (Å²) in [5.74, 6) is -0.529. The van der Waals surface area contributed by atoms with Gasteiger partial charge in [0.15, 0.2) is 0 Å². The predicted octanol–water partition coefficient (Wildman–Crippen LogP) is 2.87. The Morgan fingerprint density at radius 3 is 2.72 bits per heavy atom. The fourth-order valence-electron chi connectivity index (χ4n) is 1.25. The van der Waals surface area contributed by atoms with Crippen LogP contribution in [0.25, 0.3) is 6.08 Å². The topological polar surface area (TPSA) is 51.8 Å². The van der Waals surface area contributed by atoms with E-state index in [1.165, 1.54) is 24.8 Å². The molecule has 4 heteroatoms. The van der Waals surface area contributed by atoms with Crippen LogP contribution in [0.4, 0.5) is 0 Å². The molecule has 1 heterocycles. The second kappa shape index (κ2) is 6.20. The maximum atomic E-state index is 11.3. The van der Waals surface area contributed by atoms with Gasteiger partial charge in [-0.15, -0.1) is 0 Å². The third kappa shape index (κ3) is 3.75. The molecule has 0 radical (unpaired) electrons. The highest BCUT2D eigenvalue weighted by molar-refractivity contribution is 5.87. The zero-order valence-electron chi connectivity index (χ0n) is 9.52. The number of furan rings is 1. The van der Waals surface area contributed by atoms with Crippen molar-refractivity contribution >= 4 is 18.3 Å². The molecular weight excluding hydrogens is 230 g/mol. The van der Waals surface area contributed by atoms with Gasteiger partial charge in [-0.25, -0.2) is 4.79 Å². The lowest BCUT2D eigenvalue weighted by atomic mass is 10.2. The molecule has 1 aromatic carbocycles. The lowest BCUT2D eigenvalue weighted by molar-refractivity contribution is -0.137. The van der Waals surface area contributed by atoms with Crippen molar-refractivity contribution < 1.29 is 14.0 Å². The summed E-state index contributed by atoms with van der Waals surface area (Å²) in [5.41, 5.74) is 1.66. The van der Waals surface area contributed by atoms with Gasteiger partial charge in [0, 0.05) is 11.6 Å². The maximum absolute atomic E-state index is 11.3. The van der Waals surface area contributed by atoms with Crippen LogP contribution in [0.2, 0.25) is 0 Å². The minimum atomic E-state index is -0.529. The van der Waals surface area contributed by atoms with E-state index in [4.69, 9.17) is 4.42 Å². The highest BCUT2D eigenvalue weighted by Crippen LogP contribution is 2.01. The SMILES string of the molecule is O=C(/C=C/c1ccccc1)O/N=C/c1ccoc1. The summed E-state index contributed by atoms with van der Waals surface area (Å²) in [6.45, 7) is 0. The third-order valence-electron chi connectivity index (χ3n) is 2.10. The first kappa shape index (κ1) is 11.9. The van der Waals surface area contributed by atoms with E-state index in [1.807, 2.05) is 30.3 Å². The molecule has 0 aliphatic carbocycles. The molecule has 0 spiro atoms. The molecule has 90 valence electrons. The van der Waals surface area contributed by atoms with Gasteiger partial charge in [0.2, 0.25) is 0 Å². The van der Waals surface area contributed by atoms with Gasteiger partial charge in [-0.3, -0.25) is 0 Å². The fraction of sp³-hybridized carbons (Fsp3) is 0. The van der Waals surface area contributed by atoms with Gasteiger partial charge >= 0.3 is 5.97 Å². The zero-order valence-corrected chi connectivity index (χ0v) is 9.52. The van der Waals surface area contributed by atoms with Gasteiger partial charge in [-0.05, 0) is 17.7 Å². The third-order valence-corrected chi connectivity index (χ3v) is 2.10. The van der Waals surface area contributed by atoms with Crippen molar-refractivity contribution in [2.75, 3.05) is 0 Å². The Bertz CT molecular complexity index is 542. The molecule has 0 aliphatic heterocycles. The molecule has 1 aromatic heterocycles. The second-order valence-corrected chi connectivity index (χ2v) is 3.45. The van der Waals surface area contributed by atoms with E-state index < -0.39 is 5.97 Å². The van der Waals surface area contributed by atoms with Crippen LogP contribution in [0, 0.1) is 0 Å². The van der Waals surface area contributed by atoms with Crippen LogP contribution in [0.5, 0.6) is 0 Å². The molecule has 0 saturated heterocycles. The number of rotatable bonds is 4. The Morgan fingerprint density at radius 1 is 1.17 bits per heavy atom. The largest absolute Gasteiger partial charge is 0.472 e. The molecule has 4 nitrogen and oxygen atoms in total. The molecular formula is C14H11NO3. The van der Waals surface area contributed by atoms with E-state index in [0.29, 0.717) is 0 Å². The number of hydrogen-bond donors (Lipinski definition) is 0. The van der Waals surface area contributed by atoms with Crippen LogP contribution in [0.15, 0.2) is 64.6 Å². The maximum Gasteiger partial charge on any atom is 0.358 e. The van der Waals surface area contributed by atoms with Gasteiger partial charge in [0.1, 0.15) is 0 Å². The van der Waals surface area contributed by atoms with Crippen LogP contribution in [-0.4, -0.2) is 12.2 Å². The Kier molecular flexibility index (Phi) is 4.08. The van der Waals surface area contributed by atoms with E-state index in [1.54, 1.807) is 12.1 Å². The van der Waals surface area contributed by atoms with E-state index in [9.17, 15) is 4.79 Å². The number of oxime groups is 1. The van der Waals surface area contributed by atoms with Gasteiger partial charge < -0.3 is 9.25 Å². The van der Waals surface area contributed by atoms with Crippen LogP contribution < -0.4 is 0 Å². The summed E-state index contributed by atoms with van der Waals surface area (Å²) in [6, 6.07) is 11.2. The summed E-state index contributed by atoms with van der Waals surface area (Å²) >= 11 is 0. The average molecular weight is 241 g/mol. The lowest BCUT2D eigenvalue weighted by Gasteiger charge is -1.91. The van der Waals surface area contributed by atoms with Crippen LogP contribution in [-0.2, 0) is 9.63 Å². The van der Waals surface area contributed by atoms with Crippen LogP contribution >= 0.6 is 0 Å². The number of carbonyl (C=O) groups is 1. The first-order valence-corrected chi connectivity index (χ1v) is 5.34. The number of carbonyl (C=O) groups excluding carboxylic acids is 1. The first-order chi connectivity index (χ1) is 8.84. The predicted molar refractivity (Wildman–Crippen MR) is 67.9 cm³/mol. The molecule has 2 rings (SSSR count). The van der Waals surface area contributed by atoms with E-state index >= 15 is 0 Å². The van der Waals surface area contributed by atoms with Crippen molar-refractivity contribution in [3.8, 4) is 0 Å². The van der Waals surface area contributed by atoms with Crippen LogP contribution in [0.1, 0.15) is 11.1 Å². The Balaban J connectivity index is 1.84. The molecule has 0 amide bonds. The lowest BCUT2D eigenvalue weighted by Crippen LogP contribution is -1.94. The van der Waals surface area contributed by atoms with E-state index in [2.05, 4.69) is 9.99 Å². The molecule has 2 aromatic rings. The van der Waals surface area contributed by atoms with Gasteiger partial charge in [0.05, 0.1) is 18.7 Å². The molecule has 0 aliphatic rings. The minimum absolute atomic E-state index is 0.529. The van der Waals surface area contributed by atoms with E-state index in [0.717, 1.165) is 11.1 Å². The van der Waals surface area contributed by atoms with Crippen molar-refractivity contribution in [2.24, 2.45) is 5.16 Å². The number of nitrogens with zero attached hydrogens (tertiary/aromatic N) is 1. The highest BCUT2D eigenvalue weighted by atomic mass is 16.7. The number of benzene rings is 1. The van der Waals surface area contributed by atoms with Gasteiger partial charge in [-0.1, -0.05) is 35.5 Å². The Morgan fingerprint density at radius 2 is 2.00 bits per heavy atom. The first-order valence-electron chi connectivity index (χ1n) is 5.34. The summed E-state index contributed by atoms with van der Waals surface area (Å²) in [5, 5.41) is 3.54. The van der Waals surface area contributed by atoms with Crippen molar-refractivity contribution in [3.05, 3.63) is 66.1 Å². The summed E-state index contributed by atoms with van der Waals surface area (Å²) in [4.78, 5) is 15.9. The molecule has 0 bridgehead atoms. The molecule has 0 atom stereocenters. The van der Waals surface area contributed by atoms with Crippen molar-refractivity contribution in [1.29, 1.82) is 0 Å². The van der Waals surface area contributed by atoms with Crippen LogP contribution in [0.3, 0.4) is 0 Å². The molecule has 0 fully saturated rings. The summed E-state index contributed by atoms with van der Waals surface area (Å²) < 4.78 is 4.83. The quantitative estimate of drug-likeness (QED) is 0.358. The van der Waals surface area contributed by atoms with E-state index in [-0.39, 0.29) is 0 Å². The Hall–Kier alpha value is -2.62.